The third-order valence-electron chi connectivity index (χ3n) is 3.96. The van der Waals surface area contributed by atoms with E-state index in [0.29, 0.717) is 23.5 Å². The highest BCUT2D eigenvalue weighted by Crippen LogP contribution is 2.37. The molecule has 4 heteroatoms. The minimum absolute atomic E-state index is 0.0824. The summed E-state index contributed by atoms with van der Waals surface area (Å²) in [5.41, 5.74) is 0.910. The Bertz CT molecular complexity index is 656. The molecule has 0 amide bonds. The number of ether oxygens (including phenoxy) is 2. The van der Waals surface area contributed by atoms with Crippen LogP contribution in [0.3, 0.4) is 0 Å². The molecule has 110 valence electrons. The predicted molar refractivity (Wildman–Crippen MR) is 77.1 cm³/mol. The highest BCUT2D eigenvalue weighted by molar-refractivity contribution is 5.47. The summed E-state index contributed by atoms with van der Waals surface area (Å²) in [5.74, 6) is 1.11. The van der Waals surface area contributed by atoms with Crippen LogP contribution >= 0.6 is 0 Å². The van der Waals surface area contributed by atoms with Crippen molar-refractivity contribution in [2.75, 3.05) is 13.4 Å². The van der Waals surface area contributed by atoms with E-state index < -0.39 is 5.41 Å². The normalized spacial score (nSPS) is 15.8. The molecule has 0 fully saturated rings. The number of hydrogen-bond donors (Lipinski definition) is 1. The van der Waals surface area contributed by atoms with Crippen LogP contribution < -0.4 is 9.47 Å². The summed E-state index contributed by atoms with van der Waals surface area (Å²) in [7, 11) is 0. The van der Waals surface area contributed by atoms with Crippen molar-refractivity contribution < 1.29 is 19.0 Å². The molecule has 2 aromatic carbocycles. The molecule has 1 N–H and O–H groups in total. The monoisotopic (exact) mass is 288 g/mol. The van der Waals surface area contributed by atoms with Gasteiger partial charge in [0.1, 0.15) is 5.82 Å². The van der Waals surface area contributed by atoms with Crippen LogP contribution in [0.4, 0.5) is 4.39 Å². The van der Waals surface area contributed by atoms with Gasteiger partial charge < -0.3 is 14.6 Å². The lowest BCUT2D eigenvalue weighted by molar-refractivity contribution is 0.173. The van der Waals surface area contributed by atoms with E-state index >= 15 is 0 Å². The first kappa shape index (κ1) is 13.9. The van der Waals surface area contributed by atoms with Crippen molar-refractivity contribution >= 4 is 0 Å². The van der Waals surface area contributed by atoms with Gasteiger partial charge in [-0.1, -0.05) is 31.2 Å². The molecular weight excluding hydrogens is 271 g/mol. The fraction of sp³-hybridized carbons (Fsp3) is 0.294. The summed E-state index contributed by atoms with van der Waals surface area (Å²) < 4.78 is 24.5. The number of fused-ring (bicyclic) bond motifs is 1. The summed E-state index contributed by atoms with van der Waals surface area (Å²) in [6.45, 7) is 2.04. The fourth-order valence-corrected chi connectivity index (χ4v) is 2.58. The van der Waals surface area contributed by atoms with Gasteiger partial charge in [-0.15, -0.1) is 0 Å². The van der Waals surface area contributed by atoms with Gasteiger partial charge in [0.2, 0.25) is 6.79 Å². The maximum Gasteiger partial charge on any atom is 0.231 e. The summed E-state index contributed by atoms with van der Waals surface area (Å²) in [6.07, 6.45) is 0.413. The van der Waals surface area contributed by atoms with Crippen LogP contribution in [0.5, 0.6) is 11.5 Å². The zero-order chi connectivity index (χ0) is 14.9. The third kappa shape index (κ3) is 2.59. The molecule has 1 heterocycles. The molecule has 0 spiro atoms. The van der Waals surface area contributed by atoms with Gasteiger partial charge in [0, 0.05) is 5.41 Å². The number of rotatable bonds is 4. The first-order valence-electron chi connectivity index (χ1n) is 6.87. The SMILES string of the molecule is CC(CO)(Cc1ccccc1F)c1ccc2c(c1)OCO2. The van der Waals surface area contributed by atoms with Gasteiger partial charge in [-0.25, -0.2) is 4.39 Å². The average molecular weight is 288 g/mol. The van der Waals surface area contributed by atoms with E-state index in [1.807, 2.05) is 25.1 Å². The van der Waals surface area contributed by atoms with Gasteiger partial charge >= 0.3 is 0 Å². The highest BCUT2D eigenvalue weighted by Gasteiger charge is 2.29. The molecule has 1 unspecified atom stereocenters. The number of benzene rings is 2. The maximum absolute atomic E-state index is 13.9. The molecule has 0 bridgehead atoms. The van der Waals surface area contributed by atoms with Crippen LogP contribution in [0, 0.1) is 5.82 Å². The Morgan fingerprint density at radius 1 is 1.14 bits per heavy atom. The summed E-state index contributed by atoms with van der Waals surface area (Å²) in [5, 5.41) is 9.84. The van der Waals surface area contributed by atoms with E-state index in [-0.39, 0.29) is 19.2 Å². The standard InChI is InChI=1S/C17H17FO3/c1-17(10-19,9-12-4-2-3-5-14(12)18)13-6-7-15-16(8-13)21-11-20-15/h2-8,19H,9-11H2,1H3. The minimum atomic E-state index is -0.580. The van der Waals surface area contributed by atoms with Crippen LogP contribution in [0.1, 0.15) is 18.1 Å². The molecule has 2 aromatic rings. The number of hydrogen-bond acceptors (Lipinski definition) is 3. The molecule has 3 nitrogen and oxygen atoms in total. The van der Waals surface area contributed by atoms with E-state index in [4.69, 9.17) is 9.47 Å². The molecule has 1 aliphatic heterocycles. The van der Waals surface area contributed by atoms with Crippen LogP contribution in [0.25, 0.3) is 0 Å². The second-order valence-corrected chi connectivity index (χ2v) is 5.56. The van der Waals surface area contributed by atoms with Crippen molar-refractivity contribution in [2.45, 2.75) is 18.8 Å². The minimum Gasteiger partial charge on any atom is -0.454 e. The number of aliphatic hydroxyl groups is 1. The molecule has 0 radical (unpaired) electrons. The van der Waals surface area contributed by atoms with E-state index in [1.54, 1.807) is 18.2 Å². The number of aliphatic hydroxyl groups excluding tert-OH is 1. The molecular formula is C17H17FO3. The van der Waals surface area contributed by atoms with Crippen LogP contribution in [-0.4, -0.2) is 18.5 Å². The first-order chi connectivity index (χ1) is 10.1. The second-order valence-electron chi connectivity index (χ2n) is 5.56. The Morgan fingerprint density at radius 2 is 1.90 bits per heavy atom. The van der Waals surface area contributed by atoms with Gasteiger partial charge in [-0.05, 0) is 35.7 Å². The lowest BCUT2D eigenvalue weighted by Crippen LogP contribution is -2.29. The Kier molecular flexibility index (Phi) is 3.55. The van der Waals surface area contributed by atoms with Gasteiger partial charge in [-0.3, -0.25) is 0 Å². The lowest BCUT2D eigenvalue weighted by atomic mass is 9.78. The van der Waals surface area contributed by atoms with Crippen molar-refractivity contribution in [3.05, 3.63) is 59.4 Å². The van der Waals surface area contributed by atoms with Gasteiger partial charge in [0.15, 0.2) is 11.5 Å². The fourth-order valence-electron chi connectivity index (χ4n) is 2.58. The van der Waals surface area contributed by atoms with Gasteiger partial charge in [-0.2, -0.15) is 0 Å². The van der Waals surface area contributed by atoms with Crippen molar-refractivity contribution in [1.29, 1.82) is 0 Å². The third-order valence-corrected chi connectivity index (χ3v) is 3.96. The van der Waals surface area contributed by atoms with Crippen molar-refractivity contribution in [2.24, 2.45) is 0 Å². The van der Waals surface area contributed by atoms with E-state index in [1.165, 1.54) is 6.07 Å². The van der Waals surface area contributed by atoms with Crippen molar-refractivity contribution in [3.8, 4) is 11.5 Å². The molecule has 0 aliphatic carbocycles. The highest BCUT2D eigenvalue weighted by atomic mass is 19.1. The molecule has 0 aromatic heterocycles. The molecule has 21 heavy (non-hydrogen) atoms. The van der Waals surface area contributed by atoms with Crippen LogP contribution in [-0.2, 0) is 11.8 Å². The van der Waals surface area contributed by atoms with Gasteiger partial charge in [0.25, 0.3) is 0 Å². The smallest absolute Gasteiger partial charge is 0.231 e. The topological polar surface area (TPSA) is 38.7 Å². The Hall–Kier alpha value is -2.07. The Balaban J connectivity index is 1.94. The quantitative estimate of drug-likeness (QED) is 0.939. The summed E-state index contributed by atoms with van der Waals surface area (Å²) in [6, 6.07) is 12.2. The van der Waals surface area contributed by atoms with E-state index in [9.17, 15) is 9.50 Å². The zero-order valence-corrected chi connectivity index (χ0v) is 11.8. The van der Waals surface area contributed by atoms with Crippen molar-refractivity contribution in [1.82, 2.24) is 0 Å². The molecule has 0 saturated heterocycles. The van der Waals surface area contributed by atoms with Crippen LogP contribution in [0.15, 0.2) is 42.5 Å². The lowest BCUT2D eigenvalue weighted by Gasteiger charge is -2.28. The second kappa shape index (κ2) is 5.37. The number of halogens is 1. The van der Waals surface area contributed by atoms with E-state index in [2.05, 4.69) is 0 Å². The van der Waals surface area contributed by atoms with Gasteiger partial charge in [0.05, 0.1) is 6.61 Å². The average Bonchev–Trinajstić information content (AvgIpc) is 2.97. The molecule has 0 saturated carbocycles. The first-order valence-corrected chi connectivity index (χ1v) is 6.87. The maximum atomic E-state index is 13.9. The van der Waals surface area contributed by atoms with Crippen LogP contribution in [0.2, 0.25) is 0 Å². The predicted octanol–water partition coefficient (Wildman–Crippen LogP) is 3.05. The van der Waals surface area contributed by atoms with Crippen molar-refractivity contribution in [3.63, 3.8) is 0 Å². The van der Waals surface area contributed by atoms with E-state index in [0.717, 1.165) is 5.56 Å². The summed E-state index contributed by atoms with van der Waals surface area (Å²) >= 11 is 0. The summed E-state index contributed by atoms with van der Waals surface area (Å²) in [4.78, 5) is 0. The zero-order valence-electron chi connectivity index (χ0n) is 11.8. The molecule has 1 aliphatic rings. The molecule has 1 atom stereocenters. The largest absolute Gasteiger partial charge is 0.454 e. The Morgan fingerprint density at radius 3 is 2.67 bits per heavy atom. The Labute approximate surface area is 122 Å². The molecule has 3 rings (SSSR count).